The first-order valence-corrected chi connectivity index (χ1v) is 11.2. The van der Waals surface area contributed by atoms with Crippen LogP contribution in [-0.2, 0) is 13.1 Å². The van der Waals surface area contributed by atoms with Crippen LogP contribution in [0.3, 0.4) is 0 Å². The van der Waals surface area contributed by atoms with Gasteiger partial charge in [-0.25, -0.2) is 9.78 Å². The molecule has 1 fully saturated rings. The highest BCUT2D eigenvalue weighted by Gasteiger charge is 2.23. The van der Waals surface area contributed by atoms with Crippen LogP contribution in [0, 0.1) is 6.92 Å². The van der Waals surface area contributed by atoms with Gasteiger partial charge in [-0.1, -0.05) is 29.8 Å². The van der Waals surface area contributed by atoms with Crippen molar-refractivity contribution in [2.45, 2.75) is 52.7 Å². The Morgan fingerprint density at radius 2 is 1.84 bits per heavy atom. The molecule has 1 atom stereocenters. The molecule has 6 nitrogen and oxygen atoms in total. The van der Waals surface area contributed by atoms with Crippen molar-refractivity contribution in [3.8, 4) is 22.5 Å². The molecule has 0 saturated carbocycles. The molecule has 0 amide bonds. The lowest BCUT2D eigenvalue weighted by Crippen LogP contribution is -2.22. The molecular formula is C25H29N5O. The SMILES string of the molecule is CCn1c(=O)n(CC)c2cc(-c3[nH]c([C@@H]4CCCN4)nc3-c3cccc(C)c3)ccc21. The summed E-state index contributed by atoms with van der Waals surface area (Å²) in [5.41, 5.74) is 7.34. The van der Waals surface area contributed by atoms with E-state index in [9.17, 15) is 4.79 Å². The molecule has 4 aromatic rings. The van der Waals surface area contributed by atoms with Crippen LogP contribution in [0.25, 0.3) is 33.5 Å². The zero-order valence-electron chi connectivity index (χ0n) is 18.4. The number of benzene rings is 2. The maximum absolute atomic E-state index is 12.8. The fourth-order valence-corrected chi connectivity index (χ4v) is 4.77. The number of hydrogen-bond acceptors (Lipinski definition) is 3. The summed E-state index contributed by atoms with van der Waals surface area (Å²) in [6.07, 6.45) is 2.26. The van der Waals surface area contributed by atoms with Gasteiger partial charge in [0.1, 0.15) is 5.82 Å². The lowest BCUT2D eigenvalue weighted by Gasteiger charge is -2.06. The Morgan fingerprint density at radius 3 is 2.55 bits per heavy atom. The number of fused-ring (bicyclic) bond motifs is 1. The average Bonchev–Trinajstić information content (AvgIpc) is 3.50. The molecule has 2 aromatic carbocycles. The van der Waals surface area contributed by atoms with E-state index in [-0.39, 0.29) is 11.7 Å². The average molecular weight is 416 g/mol. The molecule has 0 spiro atoms. The van der Waals surface area contributed by atoms with E-state index in [0.717, 1.165) is 52.3 Å². The third kappa shape index (κ3) is 3.31. The van der Waals surface area contributed by atoms with Crippen LogP contribution >= 0.6 is 0 Å². The number of nitrogens with zero attached hydrogens (tertiary/aromatic N) is 3. The summed E-state index contributed by atoms with van der Waals surface area (Å²) in [6.45, 7) is 8.48. The number of aryl methyl sites for hydroxylation is 3. The quantitative estimate of drug-likeness (QED) is 0.499. The van der Waals surface area contributed by atoms with Gasteiger partial charge in [0.25, 0.3) is 0 Å². The van der Waals surface area contributed by atoms with Gasteiger partial charge in [-0.05, 0) is 58.4 Å². The third-order valence-corrected chi connectivity index (χ3v) is 6.34. The van der Waals surface area contributed by atoms with Crippen LogP contribution in [-0.4, -0.2) is 25.6 Å². The molecule has 0 unspecified atom stereocenters. The lowest BCUT2D eigenvalue weighted by molar-refractivity contribution is 0.613. The Labute approximate surface area is 181 Å². The van der Waals surface area contributed by atoms with Gasteiger partial charge < -0.3 is 10.3 Å². The van der Waals surface area contributed by atoms with Gasteiger partial charge in [-0.3, -0.25) is 9.13 Å². The van der Waals surface area contributed by atoms with Gasteiger partial charge in [-0.15, -0.1) is 0 Å². The van der Waals surface area contributed by atoms with Crippen LogP contribution < -0.4 is 11.0 Å². The Hall–Kier alpha value is -3.12. The second-order valence-corrected chi connectivity index (χ2v) is 8.34. The second-order valence-electron chi connectivity index (χ2n) is 8.34. The second kappa shape index (κ2) is 7.85. The molecule has 31 heavy (non-hydrogen) atoms. The maximum Gasteiger partial charge on any atom is 0.329 e. The molecule has 0 radical (unpaired) electrons. The van der Waals surface area contributed by atoms with Crippen molar-refractivity contribution in [1.82, 2.24) is 24.4 Å². The normalized spacial score (nSPS) is 16.4. The molecule has 5 rings (SSSR count). The van der Waals surface area contributed by atoms with E-state index in [1.807, 2.05) is 23.0 Å². The van der Waals surface area contributed by atoms with Gasteiger partial charge in [0.15, 0.2) is 0 Å². The Balaban J connectivity index is 1.72. The third-order valence-electron chi connectivity index (χ3n) is 6.34. The minimum Gasteiger partial charge on any atom is -0.340 e. The van der Waals surface area contributed by atoms with Gasteiger partial charge in [-0.2, -0.15) is 0 Å². The maximum atomic E-state index is 12.8. The van der Waals surface area contributed by atoms with Crippen molar-refractivity contribution < 1.29 is 0 Å². The molecule has 3 heterocycles. The van der Waals surface area contributed by atoms with Crippen LogP contribution in [0.2, 0.25) is 0 Å². The van der Waals surface area contributed by atoms with Crippen molar-refractivity contribution in [2.75, 3.05) is 6.54 Å². The van der Waals surface area contributed by atoms with Crippen molar-refractivity contribution in [1.29, 1.82) is 0 Å². The summed E-state index contributed by atoms with van der Waals surface area (Å²) in [4.78, 5) is 21.5. The number of rotatable bonds is 5. The van der Waals surface area contributed by atoms with Gasteiger partial charge in [0.05, 0.1) is 28.5 Å². The first-order chi connectivity index (χ1) is 15.1. The van der Waals surface area contributed by atoms with E-state index in [4.69, 9.17) is 4.98 Å². The molecule has 1 aliphatic rings. The summed E-state index contributed by atoms with van der Waals surface area (Å²) >= 11 is 0. The van der Waals surface area contributed by atoms with E-state index in [1.165, 1.54) is 12.0 Å². The first-order valence-electron chi connectivity index (χ1n) is 11.2. The van der Waals surface area contributed by atoms with E-state index < -0.39 is 0 Å². The van der Waals surface area contributed by atoms with Gasteiger partial charge >= 0.3 is 5.69 Å². The van der Waals surface area contributed by atoms with E-state index >= 15 is 0 Å². The summed E-state index contributed by atoms with van der Waals surface area (Å²) in [7, 11) is 0. The zero-order chi connectivity index (χ0) is 21.5. The van der Waals surface area contributed by atoms with Crippen LogP contribution in [0.15, 0.2) is 47.3 Å². The molecule has 1 aliphatic heterocycles. The van der Waals surface area contributed by atoms with Crippen molar-refractivity contribution in [3.63, 3.8) is 0 Å². The monoisotopic (exact) mass is 415 g/mol. The van der Waals surface area contributed by atoms with Crippen molar-refractivity contribution in [3.05, 3.63) is 64.3 Å². The highest BCUT2D eigenvalue weighted by molar-refractivity contribution is 5.86. The van der Waals surface area contributed by atoms with E-state index in [2.05, 4.69) is 59.7 Å². The molecule has 2 N–H and O–H groups in total. The van der Waals surface area contributed by atoms with Crippen LogP contribution in [0.1, 0.15) is 44.1 Å². The standard InChI is InChI=1S/C25H29N5O/c1-4-29-20-12-11-18(15-21(20)30(5-2)25(29)31)23-22(17-9-6-8-16(3)14-17)27-24(28-23)19-10-7-13-26-19/h6,8-9,11-12,14-15,19,26H,4-5,7,10,13H2,1-3H3,(H,27,28)/t19-/m0/s1. The van der Waals surface area contributed by atoms with Gasteiger partial charge in [0, 0.05) is 24.2 Å². The Bertz CT molecular complexity index is 1300. The molecule has 160 valence electrons. The fourth-order valence-electron chi connectivity index (χ4n) is 4.77. The molecule has 0 bridgehead atoms. The molecule has 1 saturated heterocycles. The minimum absolute atomic E-state index is 0.0523. The van der Waals surface area contributed by atoms with Crippen molar-refractivity contribution in [2.24, 2.45) is 0 Å². The zero-order valence-corrected chi connectivity index (χ0v) is 18.4. The molecular weight excluding hydrogens is 386 g/mol. The predicted molar refractivity (Wildman–Crippen MR) is 125 cm³/mol. The summed E-state index contributed by atoms with van der Waals surface area (Å²) < 4.78 is 3.69. The molecule has 0 aliphatic carbocycles. The summed E-state index contributed by atoms with van der Waals surface area (Å²) in [6, 6.07) is 15.0. The number of aromatic amines is 1. The Morgan fingerprint density at radius 1 is 1.03 bits per heavy atom. The summed E-state index contributed by atoms with van der Waals surface area (Å²) in [5, 5.41) is 3.55. The van der Waals surface area contributed by atoms with Gasteiger partial charge in [0.2, 0.25) is 0 Å². The Kier molecular flexibility index (Phi) is 5.02. The fraction of sp³-hybridized carbons (Fsp3) is 0.360. The minimum atomic E-state index is 0.0523. The van der Waals surface area contributed by atoms with Crippen molar-refractivity contribution >= 4 is 11.0 Å². The highest BCUT2D eigenvalue weighted by Crippen LogP contribution is 2.34. The topological polar surface area (TPSA) is 67.6 Å². The molecule has 2 aromatic heterocycles. The highest BCUT2D eigenvalue weighted by atomic mass is 16.1. The lowest BCUT2D eigenvalue weighted by atomic mass is 10.0. The first kappa shape index (κ1) is 19.8. The van der Waals surface area contributed by atoms with Crippen LogP contribution in [0.5, 0.6) is 0 Å². The predicted octanol–water partition coefficient (Wildman–Crippen LogP) is 4.63. The number of H-pyrrole nitrogens is 1. The number of nitrogens with one attached hydrogen (secondary N) is 2. The van der Waals surface area contributed by atoms with Crippen LogP contribution in [0.4, 0.5) is 0 Å². The number of imidazole rings is 2. The van der Waals surface area contributed by atoms with E-state index in [1.54, 1.807) is 0 Å². The smallest absolute Gasteiger partial charge is 0.329 e. The van der Waals surface area contributed by atoms with E-state index in [0.29, 0.717) is 13.1 Å². The molecule has 6 heteroatoms. The largest absolute Gasteiger partial charge is 0.340 e. The number of aromatic nitrogens is 4. The number of hydrogen-bond donors (Lipinski definition) is 2. The summed E-state index contributed by atoms with van der Waals surface area (Å²) in [5.74, 6) is 0.989.